The molecule has 0 radical (unpaired) electrons. The molecule has 0 aliphatic carbocycles. The van der Waals surface area contributed by atoms with E-state index in [1.54, 1.807) is 0 Å². The van der Waals surface area contributed by atoms with Gasteiger partial charge >= 0.3 is 12.1 Å². The average Bonchev–Trinajstić information content (AvgIpc) is 2.34. The number of hydrogen-bond acceptors (Lipinski definition) is 4. The van der Waals surface area contributed by atoms with Crippen LogP contribution in [0.3, 0.4) is 0 Å². The van der Waals surface area contributed by atoms with Crippen molar-refractivity contribution >= 4 is 21.9 Å². The van der Waals surface area contributed by atoms with E-state index in [2.05, 4.69) is 25.4 Å². The van der Waals surface area contributed by atoms with Crippen molar-refractivity contribution in [3.8, 4) is 5.75 Å². The number of halogens is 4. The molecular weight excluding hydrogens is 333 g/mol. The molecule has 1 N–H and O–H groups in total. The summed E-state index contributed by atoms with van der Waals surface area (Å²) in [5.41, 5.74) is -1.42. The van der Waals surface area contributed by atoms with E-state index in [-0.39, 0.29) is 10.0 Å². The van der Waals surface area contributed by atoms with Gasteiger partial charge in [-0.25, -0.2) is 4.79 Å². The van der Waals surface area contributed by atoms with E-state index in [1.165, 1.54) is 0 Å². The minimum atomic E-state index is -4.68. The van der Waals surface area contributed by atoms with Gasteiger partial charge in [0.05, 0.1) is 19.8 Å². The van der Waals surface area contributed by atoms with Crippen LogP contribution in [0.2, 0.25) is 0 Å². The molecule has 0 heterocycles. The highest BCUT2D eigenvalue weighted by Gasteiger charge is 2.37. The van der Waals surface area contributed by atoms with E-state index in [4.69, 9.17) is 0 Å². The lowest BCUT2D eigenvalue weighted by molar-refractivity contribution is -0.151. The standard InChI is InChI=1S/C11H10BrF3O4/c1-18-9-6(8(16)10(17)19-2)3-5(12)4-7(9)11(13,14)15/h3-4,8,16H,1-2H3. The zero-order chi connectivity index (χ0) is 14.8. The van der Waals surface area contributed by atoms with Crippen molar-refractivity contribution < 1.29 is 32.5 Å². The summed E-state index contributed by atoms with van der Waals surface area (Å²) < 4.78 is 47.5. The molecule has 1 aromatic carbocycles. The topological polar surface area (TPSA) is 55.8 Å². The molecule has 0 spiro atoms. The molecule has 0 saturated carbocycles. The Bertz CT molecular complexity index is 488. The Hall–Kier alpha value is -1.28. The maximum absolute atomic E-state index is 12.8. The van der Waals surface area contributed by atoms with Crippen molar-refractivity contribution in [1.29, 1.82) is 0 Å². The second-order valence-corrected chi connectivity index (χ2v) is 4.41. The van der Waals surface area contributed by atoms with Crippen LogP contribution >= 0.6 is 15.9 Å². The van der Waals surface area contributed by atoms with Crippen molar-refractivity contribution in [3.05, 3.63) is 27.7 Å². The highest BCUT2D eigenvalue weighted by molar-refractivity contribution is 9.10. The minimum Gasteiger partial charge on any atom is -0.496 e. The highest BCUT2D eigenvalue weighted by Crippen LogP contribution is 2.42. The first-order valence-corrected chi connectivity index (χ1v) is 5.72. The van der Waals surface area contributed by atoms with Gasteiger partial charge in [0.25, 0.3) is 0 Å². The summed E-state index contributed by atoms with van der Waals surface area (Å²) in [5, 5.41) is 9.67. The first-order chi connectivity index (χ1) is 8.72. The van der Waals surface area contributed by atoms with Crippen LogP contribution in [0.5, 0.6) is 5.75 Å². The minimum absolute atomic E-state index is 0.0542. The van der Waals surface area contributed by atoms with Gasteiger partial charge in [-0.3, -0.25) is 0 Å². The van der Waals surface area contributed by atoms with Gasteiger partial charge in [0.1, 0.15) is 5.75 Å². The summed E-state index contributed by atoms with van der Waals surface area (Å²) in [7, 11) is 2.03. The van der Waals surface area contributed by atoms with Gasteiger partial charge in [-0.05, 0) is 12.1 Å². The zero-order valence-corrected chi connectivity index (χ0v) is 11.5. The summed E-state index contributed by atoms with van der Waals surface area (Å²) in [6, 6.07) is 1.96. The fraction of sp³-hybridized carbons (Fsp3) is 0.364. The number of hydrogen-bond donors (Lipinski definition) is 1. The summed E-state index contributed by atoms with van der Waals surface area (Å²) >= 11 is 2.89. The molecule has 1 unspecified atom stereocenters. The fourth-order valence-corrected chi connectivity index (χ4v) is 1.97. The first kappa shape index (κ1) is 15.8. The largest absolute Gasteiger partial charge is 0.496 e. The number of aliphatic hydroxyl groups excluding tert-OH is 1. The Balaban J connectivity index is 3.48. The molecule has 0 amide bonds. The number of ether oxygens (including phenoxy) is 2. The first-order valence-electron chi connectivity index (χ1n) is 4.93. The molecule has 19 heavy (non-hydrogen) atoms. The van der Waals surface area contributed by atoms with Crippen LogP contribution in [0.15, 0.2) is 16.6 Å². The van der Waals surface area contributed by atoms with E-state index in [1.807, 2.05) is 0 Å². The van der Waals surface area contributed by atoms with E-state index in [0.717, 1.165) is 26.4 Å². The third-order valence-electron chi connectivity index (χ3n) is 2.31. The third kappa shape index (κ3) is 3.38. The molecular formula is C11H10BrF3O4. The lowest BCUT2D eigenvalue weighted by Gasteiger charge is -2.18. The predicted octanol–water partition coefficient (Wildman–Crippen LogP) is 2.68. The van der Waals surface area contributed by atoms with E-state index >= 15 is 0 Å². The lowest BCUT2D eigenvalue weighted by Crippen LogP contribution is -2.17. The Morgan fingerprint density at radius 1 is 1.37 bits per heavy atom. The number of esters is 1. The molecule has 0 saturated heterocycles. The SMILES string of the molecule is COC(=O)C(O)c1cc(Br)cc(C(F)(F)F)c1OC. The van der Waals surface area contributed by atoms with Gasteiger partial charge in [-0.1, -0.05) is 15.9 Å². The smallest absolute Gasteiger partial charge is 0.420 e. The summed E-state index contributed by atoms with van der Waals surface area (Å²) in [6.07, 6.45) is -6.54. The molecule has 0 aliphatic heterocycles. The van der Waals surface area contributed by atoms with Gasteiger partial charge in [0, 0.05) is 10.0 Å². The van der Waals surface area contributed by atoms with Crippen molar-refractivity contribution in [2.24, 2.45) is 0 Å². The second-order valence-electron chi connectivity index (χ2n) is 3.50. The van der Waals surface area contributed by atoms with Gasteiger partial charge in [-0.2, -0.15) is 13.2 Å². The van der Waals surface area contributed by atoms with Crippen LogP contribution in [-0.4, -0.2) is 25.3 Å². The molecule has 8 heteroatoms. The number of carbonyl (C=O) groups excluding carboxylic acids is 1. The van der Waals surface area contributed by atoms with Crippen molar-refractivity contribution in [1.82, 2.24) is 0 Å². The molecule has 1 atom stereocenters. The monoisotopic (exact) mass is 342 g/mol. The molecule has 1 rings (SSSR count). The van der Waals surface area contributed by atoms with E-state index < -0.39 is 29.6 Å². The van der Waals surface area contributed by atoms with Crippen molar-refractivity contribution in [2.45, 2.75) is 12.3 Å². The maximum atomic E-state index is 12.8. The van der Waals surface area contributed by atoms with Gasteiger partial charge < -0.3 is 14.6 Å². The molecule has 0 aromatic heterocycles. The molecule has 4 nitrogen and oxygen atoms in total. The van der Waals surface area contributed by atoms with E-state index in [9.17, 15) is 23.1 Å². The number of rotatable bonds is 3. The van der Waals surface area contributed by atoms with Crippen molar-refractivity contribution in [2.75, 3.05) is 14.2 Å². The number of carbonyl (C=O) groups is 1. The zero-order valence-electron chi connectivity index (χ0n) is 9.92. The number of methoxy groups -OCH3 is 2. The third-order valence-corrected chi connectivity index (χ3v) is 2.77. The van der Waals surface area contributed by atoms with Crippen LogP contribution in [0.4, 0.5) is 13.2 Å². The molecule has 106 valence electrons. The molecule has 1 aromatic rings. The van der Waals surface area contributed by atoms with Crippen LogP contribution in [0.25, 0.3) is 0 Å². The number of benzene rings is 1. The Labute approximate surface area is 115 Å². The lowest BCUT2D eigenvalue weighted by atomic mass is 10.0. The summed E-state index contributed by atoms with van der Waals surface area (Å²) in [5.74, 6) is -1.70. The van der Waals surface area contributed by atoms with Gasteiger partial charge in [-0.15, -0.1) is 0 Å². The van der Waals surface area contributed by atoms with Crippen LogP contribution in [-0.2, 0) is 15.7 Å². The second kappa shape index (κ2) is 5.79. The predicted molar refractivity (Wildman–Crippen MR) is 62.7 cm³/mol. The Kier molecular flexibility index (Phi) is 4.81. The molecule has 0 aliphatic rings. The van der Waals surface area contributed by atoms with Crippen LogP contribution in [0, 0.1) is 0 Å². The molecule has 0 fully saturated rings. The normalized spacial score (nSPS) is 13.0. The van der Waals surface area contributed by atoms with Crippen LogP contribution < -0.4 is 4.74 Å². The van der Waals surface area contributed by atoms with E-state index in [0.29, 0.717) is 0 Å². The maximum Gasteiger partial charge on any atom is 0.420 e. The van der Waals surface area contributed by atoms with Gasteiger partial charge in [0.15, 0.2) is 6.10 Å². The number of alkyl halides is 3. The Morgan fingerprint density at radius 2 is 1.95 bits per heavy atom. The number of aliphatic hydroxyl groups is 1. The molecule has 0 bridgehead atoms. The average molecular weight is 343 g/mol. The Morgan fingerprint density at radius 3 is 2.37 bits per heavy atom. The van der Waals surface area contributed by atoms with Crippen molar-refractivity contribution in [3.63, 3.8) is 0 Å². The fourth-order valence-electron chi connectivity index (χ4n) is 1.49. The summed E-state index contributed by atoms with van der Waals surface area (Å²) in [6.45, 7) is 0. The highest BCUT2D eigenvalue weighted by atomic mass is 79.9. The van der Waals surface area contributed by atoms with Gasteiger partial charge in [0.2, 0.25) is 0 Å². The van der Waals surface area contributed by atoms with Crippen LogP contribution in [0.1, 0.15) is 17.2 Å². The quantitative estimate of drug-likeness (QED) is 0.858. The summed E-state index contributed by atoms with van der Waals surface area (Å²) in [4.78, 5) is 11.2.